The minimum Gasteiger partial charge on any atom is -0.368 e. The molecule has 0 saturated carbocycles. The predicted molar refractivity (Wildman–Crippen MR) is 77.3 cm³/mol. The van der Waals surface area contributed by atoms with Gasteiger partial charge in [0.1, 0.15) is 0 Å². The molecule has 1 aromatic carbocycles. The van der Waals surface area contributed by atoms with Gasteiger partial charge in [-0.15, -0.1) is 0 Å². The highest BCUT2D eigenvalue weighted by Crippen LogP contribution is 2.12. The van der Waals surface area contributed by atoms with E-state index >= 15 is 0 Å². The van der Waals surface area contributed by atoms with Crippen molar-refractivity contribution in [3.8, 4) is 0 Å². The summed E-state index contributed by atoms with van der Waals surface area (Å²) in [6.07, 6.45) is 0. The van der Waals surface area contributed by atoms with Crippen LogP contribution in [0.4, 0.5) is 17.8 Å². The van der Waals surface area contributed by atoms with Crippen LogP contribution in [0.3, 0.4) is 0 Å². The Balaban J connectivity index is 2.08. The molecule has 1 heterocycles. The van der Waals surface area contributed by atoms with E-state index in [0.29, 0.717) is 23.5 Å². The Morgan fingerprint density at radius 2 is 1.84 bits per heavy atom. The molecular formula is C12H15ClN6. The maximum Gasteiger partial charge on any atom is 0.231 e. The quantitative estimate of drug-likeness (QED) is 0.887. The molecule has 6 nitrogen and oxygen atoms in total. The van der Waals surface area contributed by atoms with Crippen molar-refractivity contribution in [3.05, 3.63) is 34.9 Å². The van der Waals surface area contributed by atoms with Crippen LogP contribution in [0.2, 0.25) is 5.02 Å². The smallest absolute Gasteiger partial charge is 0.231 e. The molecule has 0 aliphatic heterocycles. The minimum absolute atomic E-state index is 0.192. The van der Waals surface area contributed by atoms with E-state index in [1.54, 1.807) is 4.90 Å². The van der Waals surface area contributed by atoms with Gasteiger partial charge in [0.05, 0.1) is 0 Å². The molecular weight excluding hydrogens is 264 g/mol. The first kappa shape index (κ1) is 13.4. The molecule has 0 amide bonds. The second kappa shape index (κ2) is 5.71. The standard InChI is InChI=1S/C12H15ClN6/c1-19(2)12-17-10(14)16-11(18-12)15-7-8-3-5-9(13)6-4-8/h3-6H,7H2,1-2H3,(H3,14,15,16,17,18). The highest BCUT2D eigenvalue weighted by molar-refractivity contribution is 6.30. The third kappa shape index (κ3) is 3.69. The Hall–Kier alpha value is -2.08. The van der Waals surface area contributed by atoms with Gasteiger partial charge < -0.3 is 16.0 Å². The Bertz CT molecular complexity index is 555. The van der Waals surface area contributed by atoms with Gasteiger partial charge in [-0.2, -0.15) is 15.0 Å². The molecule has 100 valence electrons. The lowest BCUT2D eigenvalue weighted by Crippen LogP contribution is -2.16. The van der Waals surface area contributed by atoms with E-state index in [0.717, 1.165) is 5.56 Å². The summed E-state index contributed by atoms with van der Waals surface area (Å²) in [7, 11) is 3.69. The van der Waals surface area contributed by atoms with E-state index in [9.17, 15) is 0 Å². The summed E-state index contributed by atoms with van der Waals surface area (Å²) < 4.78 is 0. The van der Waals surface area contributed by atoms with Crippen LogP contribution >= 0.6 is 11.6 Å². The molecule has 0 aliphatic carbocycles. The molecule has 0 spiro atoms. The third-order valence-electron chi connectivity index (χ3n) is 2.40. The molecule has 1 aromatic heterocycles. The molecule has 0 bridgehead atoms. The fraction of sp³-hybridized carbons (Fsp3) is 0.250. The van der Waals surface area contributed by atoms with Gasteiger partial charge >= 0.3 is 0 Å². The van der Waals surface area contributed by atoms with E-state index < -0.39 is 0 Å². The average Bonchev–Trinajstić information content (AvgIpc) is 2.37. The second-order valence-corrected chi connectivity index (χ2v) is 4.63. The van der Waals surface area contributed by atoms with E-state index in [1.165, 1.54) is 0 Å². The number of nitrogens with zero attached hydrogens (tertiary/aromatic N) is 4. The van der Waals surface area contributed by atoms with Gasteiger partial charge in [-0.05, 0) is 17.7 Å². The summed E-state index contributed by atoms with van der Waals surface area (Å²) in [5, 5.41) is 3.82. The van der Waals surface area contributed by atoms with Crippen LogP contribution in [0.15, 0.2) is 24.3 Å². The van der Waals surface area contributed by atoms with Crippen molar-refractivity contribution in [1.29, 1.82) is 0 Å². The van der Waals surface area contributed by atoms with Crippen LogP contribution in [-0.4, -0.2) is 29.0 Å². The molecule has 19 heavy (non-hydrogen) atoms. The Morgan fingerprint density at radius 3 is 2.47 bits per heavy atom. The molecule has 0 atom stereocenters. The number of rotatable bonds is 4. The summed E-state index contributed by atoms with van der Waals surface area (Å²) in [6.45, 7) is 0.591. The van der Waals surface area contributed by atoms with Gasteiger partial charge in [0.25, 0.3) is 0 Å². The first-order valence-corrected chi connectivity index (χ1v) is 6.09. The van der Waals surface area contributed by atoms with E-state index in [4.69, 9.17) is 17.3 Å². The average molecular weight is 279 g/mol. The van der Waals surface area contributed by atoms with Crippen LogP contribution < -0.4 is 16.0 Å². The van der Waals surface area contributed by atoms with Crippen molar-refractivity contribution in [2.45, 2.75) is 6.54 Å². The monoisotopic (exact) mass is 278 g/mol. The summed E-state index contributed by atoms with van der Waals surface area (Å²) >= 11 is 5.83. The van der Waals surface area contributed by atoms with Gasteiger partial charge in [0.15, 0.2) is 0 Å². The summed E-state index contributed by atoms with van der Waals surface area (Å²) in [4.78, 5) is 14.1. The maximum atomic E-state index is 5.83. The summed E-state index contributed by atoms with van der Waals surface area (Å²) in [5.41, 5.74) is 6.72. The Morgan fingerprint density at radius 1 is 1.16 bits per heavy atom. The highest BCUT2D eigenvalue weighted by atomic mass is 35.5. The molecule has 0 unspecified atom stereocenters. The van der Waals surface area contributed by atoms with Crippen LogP contribution in [0, 0.1) is 0 Å². The second-order valence-electron chi connectivity index (χ2n) is 4.19. The zero-order chi connectivity index (χ0) is 13.8. The van der Waals surface area contributed by atoms with E-state index in [-0.39, 0.29) is 5.95 Å². The minimum atomic E-state index is 0.192. The van der Waals surface area contributed by atoms with Crippen molar-refractivity contribution >= 4 is 29.4 Å². The normalized spacial score (nSPS) is 10.3. The van der Waals surface area contributed by atoms with Gasteiger partial charge in [-0.25, -0.2) is 0 Å². The lowest BCUT2D eigenvalue weighted by molar-refractivity contribution is 0.950. The zero-order valence-corrected chi connectivity index (χ0v) is 11.5. The number of halogens is 1. The van der Waals surface area contributed by atoms with E-state index in [1.807, 2.05) is 38.4 Å². The number of nitrogens with two attached hydrogens (primary N) is 1. The van der Waals surface area contributed by atoms with Crippen LogP contribution in [0.25, 0.3) is 0 Å². The van der Waals surface area contributed by atoms with Crippen molar-refractivity contribution in [1.82, 2.24) is 15.0 Å². The van der Waals surface area contributed by atoms with E-state index in [2.05, 4.69) is 20.3 Å². The van der Waals surface area contributed by atoms with Gasteiger partial charge in [-0.1, -0.05) is 23.7 Å². The van der Waals surface area contributed by atoms with Crippen molar-refractivity contribution in [2.75, 3.05) is 30.0 Å². The fourth-order valence-corrected chi connectivity index (χ4v) is 1.57. The van der Waals surface area contributed by atoms with Gasteiger partial charge in [-0.3, -0.25) is 0 Å². The number of nitrogens with one attached hydrogen (secondary N) is 1. The van der Waals surface area contributed by atoms with Crippen molar-refractivity contribution in [2.24, 2.45) is 0 Å². The molecule has 2 aromatic rings. The number of hydrogen-bond acceptors (Lipinski definition) is 6. The van der Waals surface area contributed by atoms with Gasteiger partial charge in [0, 0.05) is 25.7 Å². The molecule has 0 aliphatic rings. The van der Waals surface area contributed by atoms with Crippen molar-refractivity contribution < 1.29 is 0 Å². The third-order valence-corrected chi connectivity index (χ3v) is 2.66. The maximum absolute atomic E-state index is 5.83. The van der Waals surface area contributed by atoms with Crippen LogP contribution in [0.1, 0.15) is 5.56 Å². The largest absolute Gasteiger partial charge is 0.368 e. The summed E-state index contributed by atoms with van der Waals surface area (Å²) in [6, 6.07) is 7.55. The van der Waals surface area contributed by atoms with Crippen LogP contribution in [-0.2, 0) is 6.54 Å². The first-order valence-electron chi connectivity index (χ1n) is 5.72. The molecule has 0 fully saturated rings. The number of hydrogen-bond donors (Lipinski definition) is 2. The molecule has 3 N–H and O–H groups in total. The topological polar surface area (TPSA) is 80.0 Å². The highest BCUT2D eigenvalue weighted by Gasteiger charge is 2.05. The molecule has 0 saturated heterocycles. The SMILES string of the molecule is CN(C)c1nc(N)nc(NCc2ccc(Cl)cc2)n1. The molecule has 7 heteroatoms. The number of aromatic nitrogens is 3. The molecule has 2 rings (SSSR count). The van der Waals surface area contributed by atoms with Gasteiger partial charge in [0.2, 0.25) is 17.8 Å². The Labute approximate surface area is 116 Å². The first-order chi connectivity index (χ1) is 9.04. The summed E-state index contributed by atoms with van der Waals surface area (Å²) in [5.74, 6) is 1.16. The zero-order valence-electron chi connectivity index (χ0n) is 10.8. The molecule has 0 radical (unpaired) electrons. The number of anilines is 3. The number of benzene rings is 1. The van der Waals surface area contributed by atoms with Crippen molar-refractivity contribution in [3.63, 3.8) is 0 Å². The number of nitrogen functional groups attached to an aromatic ring is 1. The lowest BCUT2D eigenvalue weighted by Gasteiger charge is -2.12. The lowest BCUT2D eigenvalue weighted by atomic mass is 10.2. The predicted octanol–water partition coefficient (Wildman–Crippen LogP) is 1.79. The van der Waals surface area contributed by atoms with Crippen LogP contribution in [0.5, 0.6) is 0 Å². The Kier molecular flexibility index (Phi) is 4.01. The fourth-order valence-electron chi connectivity index (χ4n) is 1.44.